The van der Waals surface area contributed by atoms with Gasteiger partial charge in [-0.15, -0.1) is 0 Å². The summed E-state index contributed by atoms with van der Waals surface area (Å²) in [4.78, 5) is 0. The van der Waals surface area contributed by atoms with E-state index in [1.807, 2.05) is 13.1 Å². The van der Waals surface area contributed by atoms with Crippen LogP contribution in [0.25, 0.3) is 0 Å². The molecule has 2 atom stereocenters. The summed E-state index contributed by atoms with van der Waals surface area (Å²) in [5, 5.41) is 3.28. The Morgan fingerprint density at radius 1 is 1.25 bits per heavy atom. The van der Waals surface area contributed by atoms with Gasteiger partial charge in [0.05, 0.1) is 13.2 Å². The van der Waals surface area contributed by atoms with Crippen molar-refractivity contribution in [3.8, 4) is 5.75 Å². The summed E-state index contributed by atoms with van der Waals surface area (Å²) in [6, 6.07) is 5.20. The van der Waals surface area contributed by atoms with Crippen LogP contribution in [-0.2, 0) is 11.2 Å². The lowest BCUT2D eigenvalue weighted by Gasteiger charge is -2.36. The first kappa shape index (κ1) is 16.9. The van der Waals surface area contributed by atoms with Gasteiger partial charge in [-0.2, -0.15) is 0 Å². The standard InChI is InChI=1S/C16H26FNO2/c1-16(2,3)15(20-6)13(18-4)10-11-7-8-14(19-5)12(17)9-11/h7-9,13,15,18H,10H2,1-6H3. The lowest BCUT2D eigenvalue weighted by atomic mass is 9.82. The Kier molecular flexibility index (Phi) is 5.96. The number of methoxy groups -OCH3 is 2. The van der Waals surface area contributed by atoms with E-state index in [9.17, 15) is 4.39 Å². The Balaban J connectivity index is 2.90. The molecule has 0 radical (unpaired) electrons. The monoisotopic (exact) mass is 283 g/mol. The Bertz CT molecular complexity index is 429. The summed E-state index contributed by atoms with van der Waals surface area (Å²) >= 11 is 0. The van der Waals surface area contributed by atoms with Crippen LogP contribution in [0.1, 0.15) is 26.3 Å². The highest BCUT2D eigenvalue weighted by atomic mass is 19.1. The minimum Gasteiger partial charge on any atom is -0.494 e. The molecule has 0 amide bonds. The van der Waals surface area contributed by atoms with E-state index in [1.54, 1.807) is 13.2 Å². The molecular weight excluding hydrogens is 257 g/mol. The molecule has 0 heterocycles. The molecule has 0 aliphatic rings. The number of ether oxygens (including phenoxy) is 2. The van der Waals surface area contributed by atoms with Gasteiger partial charge < -0.3 is 14.8 Å². The molecule has 114 valence electrons. The van der Waals surface area contributed by atoms with Crippen molar-refractivity contribution in [2.45, 2.75) is 39.3 Å². The van der Waals surface area contributed by atoms with E-state index in [-0.39, 0.29) is 29.1 Å². The predicted molar refractivity (Wildman–Crippen MR) is 79.8 cm³/mol. The van der Waals surface area contributed by atoms with Crippen LogP contribution < -0.4 is 10.1 Å². The van der Waals surface area contributed by atoms with Gasteiger partial charge in [-0.3, -0.25) is 0 Å². The van der Waals surface area contributed by atoms with Crippen LogP contribution in [0.5, 0.6) is 5.75 Å². The molecule has 1 aromatic carbocycles. The Hall–Kier alpha value is -1.13. The van der Waals surface area contributed by atoms with Crippen LogP contribution in [0, 0.1) is 11.2 Å². The summed E-state index contributed by atoms with van der Waals surface area (Å²) in [5.74, 6) is -0.0570. The fourth-order valence-electron chi connectivity index (χ4n) is 2.57. The van der Waals surface area contributed by atoms with Crippen molar-refractivity contribution >= 4 is 0 Å². The first-order valence-electron chi connectivity index (χ1n) is 6.86. The predicted octanol–water partition coefficient (Wildman–Crippen LogP) is 3.03. The maximum atomic E-state index is 13.7. The highest BCUT2D eigenvalue weighted by molar-refractivity contribution is 5.29. The molecule has 0 saturated heterocycles. The van der Waals surface area contributed by atoms with E-state index < -0.39 is 0 Å². The molecule has 1 rings (SSSR count). The highest BCUT2D eigenvalue weighted by Gasteiger charge is 2.31. The van der Waals surface area contributed by atoms with Crippen LogP contribution in [-0.4, -0.2) is 33.4 Å². The zero-order valence-corrected chi connectivity index (χ0v) is 13.3. The average molecular weight is 283 g/mol. The third-order valence-corrected chi connectivity index (χ3v) is 3.52. The van der Waals surface area contributed by atoms with Gasteiger partial charge >= 0.3 is 0 Å². The summed E-state index contributed by atoms with van der Waals surface area (Å²) < 4.78 is 24.3. The maximum Gasteiger partial charge on any atom is 0.165 e. The van der Waals surface area contributed by atoms with Gasteiger partial charge in [0.2, 0.25) is 0 Å². The number of hydrogen-bond acceptors (Lipinski definition) is 3. The second-order valence-electron chi connectivity index (χ2n) is 6.09. The van der Waals surface area contributed by atoms with E-state index in [4.69, 9.17) is 9.47 Å². The second kappa shape index (κ2) is 7.04. The van der Waals surface area contributed by atoms with Crippen molar-refractivity contribution in [1.29, 1.82) is 0 Å². The van der Waals surface area contributed by atoms with Gasteiger partial charge in [-0.25, -0.2) is 4.39 Å². The topological polar surface area (TPSA) is 30.5 Å². The molecule has 20 heavy (non-hydrogen) atoms. The highest BCUT2D eigenvalue weighted by Crippen LogP contribution is 2.27. The lowest BCUT2D eigenvalue weighted by Crippen LogP contribution is -2.47. The van der Waals surface area contributed by atoms with Crippen molar-refractivity contribution in [3.63, 3.8) is 0 Å². The third kappa shape index (κ3) is 4.18. The minimum atomic E-state index is -0.329. The molecule has 0 aromatic heterocycles. The van der Waals surface area contributed by atoms with Gasteiger partial charge in [-0.1, -0.05) is 26.8 Å². The summed E-state index contributed by atoms with van der Waals surface area (Å²) in [6.45, 7) is 6.42. The van der Waals surface area contributed by atoms with Crippen LogP contribution in [0.4, 0.5) is 4.39 Å². The summed E-state index contributed by atoms with van der Waals surface area (Å²) in [5.41, 5.74) is 0.932. The van der Waals surface area contributed by atoms with Crippen molar-refractivity contribution in [3.05, 3.63) is 29.6 Å². The average Bonchev–Trinajstić information content (AvgIpc) is 2.37. The Labute approximate surface area is 121 Å². The number of benzene rings is 1. The second-order valence-corrected chi connectivity index (χ2v) is 6.09. The zero-order chi connectivity index (χ0) is 15.3. The normalized spacial score (nSPS) is 14.9. The first-order chi connectivity index (χ1) is 9.33. The number of halogens is 1. The van der Waals surface area contributed by atoms with Crippen LogP contribution in [0.15, 0.2) is 18.2 Å². The molecule has 1 N–H and O–H groups in total. The van der Waals surface area contributed by atoms with E-state index >= 15 is 0 Å². The molecule has 0 saturated carbocycles. The quantitative estimate of drug-likeness (QED) is 0.870. The lowest BCUT2D eigenvalue weighted by molar-refractivity contribution is -0.00922. The molecule has 4 heteroatoms. The van der Waals surface area contributed by atoms with E-state index in [0.717, 1.165) is 5.56 Å². The largest absolute Gasteiger partial charge is 0.494 e. The fourth-order valence-corrected chi connectivity index (χ4v) is 2.57. The van der Waals surface area contributed by atoms with Crippen molar-refractivity contribution in [2.24, 2.45) is 5.41 Å². The van der Waals surface area contributed by atoms with Crippen molar-refractivity contribution < 1.29 is 13.9 Å². The van der Waals surface area contributed by atoms with Crippen LogP contribution >= 0.6 is 0 Å². The van der Waals surface area contributed by atoms with Gasteiger partial charge in [0.15, 0.2) is 11.6 Å². The number of rotatable bonds is 6. The van der Waals surface area contributed by atoms with Crippen LogP contribution in [0.3, 0.4) is 0 Å². The molecule has 0 bridgehead atoms. The van der Waals surface area contributed by atoms with E-state index in [0.29, 0.717) is 6.42 Å². The molecule has 0 aliphatic heterocycles. The van der Waals surface area contributed by atoms with E-state index in [2.05, 4.69) is 26.1 Å². The summed E-state index contributed by atoms with van der Waals surface area (Å²) in [6.07, 6.45) is 0.741. The fraction of sp³-hybridized carbons (Fsp3) is 0.625. The molecule has 0 aliphatic carbocycles. The third-order valence-electron chi connectivity index (χ3n) is 3.52. The maximum absolute atomic E-state index is 13.7. The number of likely N-dealkylation sites (N-methyl/N-ethyl adjacent to an activating group) is 1. The van der Waals surface area contributed by atoms with Gasteiger partial charge in [0.1, 0.15) is 0 Å². The van der Waals surface area contributed by atoms with Crippen molar-refractivity contribution in [2.75, 3.05) is 21.3 Å². The Morgan fingerprint density at radius 2 is 1.90 bits per heavy atom. The first-order valence-corrected chi connectivity index (χ1v) is 6.86. The number of hydrogen-bond donors (Lipinski definition) is 1. The van der Waals surface area contributed by atoms with Gasteiger partial charge in [0, 0.05) is 13.2 Å². The summed E-state index contributed by atoms with van der Waals surface area (Å²) in [7, 11) is 5.09. The molecule has 0 fully saturated rings. The van der Waals surface area contributed by atoms with Gasteiger partial charge in [0.25, 0.3) is 0 Å². The van der Waals surface area contributed by atoms with Crippen LogP contribution in [0.2, 0.25) is 0 Å². The minimum absolute atomic E-state index is 0.00738. The van der Waals surface area contributed by atoms with E-state index in [1.165, 1.54) is 13.2 Å². The Morgan fingerprint density at radius 3 is 2.30 bits per heavy atom. The van der Waals surface area contributed by atoms with Gasteiger partial charge in [-0.05, 0) is 36.6 Å². The molecular formula is C16H26FNO2. The molecule has 0 spiro atoms. The van der Waals surface area contributed by atoms with Crippen molar-refractivity contribution in [1.82, 2.24) is 5.32 Å². The molecule has 3 nitrogen and oxygen atoms in total. The molecule has 2 unspecified atom stereocenters. The number of nitrogens with one attached hydrogen (secondary N) is 1. The smallest absolute Gasteiger partial charge is 0.165 e. The SMILES string of the molecule is CNC(Cc1ccc(OC)c(F)c1)C(OC)C(C)(C)C. The zero-order valence-electron chi connectivity index (χ0n) is 13.3. The molecule has 1 aromatic rings.